The topological polar surface area (TPSA) is 77.0 Å². The van der Waals surface area contributed by atoms with Crippen molar-refractivity contribution in [1.82, 2.24) is 5.32 Å². The Labute approximate surface area is 195 Å². The van der Waals surface area contributed by atoms with Gasteiger partial charge in [0.1, 0.15) is 11.7 Å². The molecule has 4 rings (SSSR count). The number of benzene rings is 1. The summed E-state index contributed by atoms with van der Waals surface area (Å²) in [5.74, 6) is -0.437. The summed E-state index contributed by atoms with van der Waals surface area (Å²) in [7, 11) is 0. The van der Waals surface area contributed by atoms with E-state index >= 15 is 0 Å². The van der Waals surface area contributed by atoms with E-state index in [1.165, 1.54) is 0 Å². The van der Waals surface area contributed by atoms with Crippen molar-refractivity contribution >= 4 is 29.4 Å². The van der Waals surface area contributed by atoms with Crippen LogP contribution in [-0.4, -0.2) is 42.1 Å². The molecule has 1 aromatic rings. The van der Waals surface area contributed by atoms with Crippen LogP contribution in [0.15, 0.2) is 29.3 Å². The van der Waals surface area contributed by atoms with Crippen LogP contribution >= 0.6 is 11.6 Å². The minimum atomic E-state index is -0.732. The predicted octanol–water partition coefficient (Wildman–Crippen LogP) is 5.14. The molecule has 2 fully saturated rings. The average Bonchev–Trinajstić information content (AvgIpc) is 3.00. The van der Waals surface area contributed by atoms with Crippen molar-refractivity contribution in [2.24, 2.45) is 21.7 Å². The second-order valence-electron chi connectivity index (χ2n) is 11.1. The van der Waals surface area contributed by atoms with Gasteiger partial charge in [-0.2, -0.15) is 0 Å². The summed E-state index contributed by atoms with van der Waals surface area (Å²) in [6, 6.07) is 6.57. The molecular formula is C25H33ClN2O4. The fraction of sp³-hybridized carbons (Fsp3) is 0.640. The largest absolute Gasteiger partial charge is 0.454 e. The average molecular weight is 461 g/mol. The second-order valence-corrected chi connectivity index (χ2v) is 11.5. The second kappa shape index (κ2) is 7.75. The first kappa shape index (κ1) is 23.1. The number of carbonyl (C=O) groups excluding carboxylic acids is 2. The number of hydrogen-bond acceptors (Lipinski definition) is 5. The molecule has 2 bridgehead atoms. The van der Waals surface area contributed by atoms with Crippen molar-refractivity contribution in [2.75, 3.05) is 6.54 Å². The molecule has 1 N–H and O–H groups in total. The van der Waals surface area contributed by atoms with Gasteiger partial charge in [0, 0.05) is 28.8 Å². The minimum Gasteiger partial charge on any atom is -0.454 e. The molecule has 1 aliphatic heterocycles. The van der Waals surface area contributed by atoms with Crippen LogP contribution < -0.4 is 5.32 Å². The highest BCUT2D eigenvalue weighted by molar-refractivity contribution is 6.30. The number of amides is 1. The van der Waals surface area contributed by atoms with Crippen molar-refractivity contribution < 1.29 is 19.1 Å². The van der Waals surface area contributed by atoms with Crippen LogP contribution in [0.1, 0.15) is 65.9 Å². The number of ether oxygens (including phenoxy) is 2. The van der Waals surface area contributed by atoms with Gasteiger partial charge in [-0.3, -0.25) is 4.99 Å². The van der Waals surface area contributed by atoms with Crippen LogP contribution in [0.4, 0.5) is 4.79 Å². The smallest absolute Gasteiger partial charge is 0.407 e. The van der Waals surface area contributed by atoms with Gasteiger partial charge >= 0.3 is 12.1 Å². The van der Waals surface area contributed by atoms with E-state index in [1.54, 1.807) is 12.1 Å². The molecule has 6 nitrogen and oxygen atoms in total. The first-order valence-electron chi connectivity index (χ1n) is 11.3. The van der Waals surface area contributed by atoms with Gasteiger partial charge in [-0.25, -0.2) is 9.59 Å². The summed E-state index contributed by atoms with van der Waals surface area (Å²) in [6.07, 6.45) is 1.33. The molecule has 1 heterocycles. The summed E-state index contributed by atoms with van der Waals surface area (Å²) >= 11 is 6.09. The molecule has 0 aromatic heterocycles. The highest BCUT2D eigenvalue weighted by atomic mass is 35.5. The van der Waals surface area contributed by atoms with Gasteiger partial charge in [0.05, 0.1) is 5.71 Å². The number of esters is 1. The third kappa shape index (κ3) is 3.81. The number of hydrogen-bond donors (Lipinski definition) is 1. The Kier molecular flexibility index (Phi) is 5.60. The fourth-order valence-corrected chi connectivity index (χ4v) is 5.79. The van der Waals surface area contributed by atoms with Crippen LogP contribution in [-0.2, 0) is 14.3 Å². The van der Waals surface area contributed by atoms with Gasteiger partial charge in [0.25, 0.3) is 0 Å². The van der Waals surface area contributed by atoms with E-state index in [4.69, 9.17) is 26.1 Å². The zero-order valence-corrected chi connectivity index (χ0v) is 20.5. The van der Waals surface area contributed by atoms with Crippen molar-refractivity contribution in [3.8, 4) is 0 Å². The molecule has 3 aliphatic rings. The number of rotatable bonds is 4. The maximum Gasteiger partial charge on any atom is 0.407 e. The molecule has 2 saturated carbocycles. The Balaban J connectivity index is 1.66. The van der Waals surface area contributed by atoms with E-state index in [0.29, 0.717) is 10.9 Å². The molecule has 5 atom stereocenters. The Morgan fingerprint density at radius 3 is 2.56 bits per heavy atom. The Morgan fingerprint density at radius 1 is 1.28 bits per heavy atom. The predicted molar refractivity (Wildman–Crippen MR) is 124 cm³/mol. The van der Waals surface area contributed by atoms with Crippen LogP contribution in [0.5, 0.6) is 0 Å². The van der Waals surface area contributed by atoms with Crippen LogP contribution in [0.25, 0.3) is 0 Å². The lowest BCUT2D eigenvalue weighted by molar-refractivity contribution is -0.152. The van der Waals surface area contributed by atoms with Gasteiger partial charge in [-0.1, -0.05) is 44.5 Å². The number of aliphatic imine (C=N–C) groups is 1. The molecule has 1 amide bonds. The number of nitrogens with zero attached hydrogens (tertiary/aromatic N) is 1. The Morgan fingerprint density at radius 2 is 1.94 bits per heavy atom. The normalized spacial score (nSPS) is 31.4. The van der Waals surface area contributed by atoms with Gasteiger partial charge in [0.15, 0.2) is 6.04 Å². The molecule has 7 heteroatoms. The van der Waals surface area contributed by atoms with Gasteiger partial charge in [-0.15, -0.1) is 0 Å². The summed E-state index contributed by atoms with van der Waals surface area (Å²) in [5, 5.41) is 3.42. The van der Waals surface area contributed by atoms with E-state index in [0.717, 1.165) is 24.1 Å². The summed E-state index contributed by atoms with van der Waals surface area (Å²) in [4.78, 5) is 30.6. The van der Waals surface area contributed by atoms with E-state index < -0.39 is 23.7 Å². The molecule has 0 radical (unpaired) electrons. The van der Waals surface area contributed by atoms with Crippen molar-refractivity contribution in [1.29, 1.82) is 0 Å². The molecule has 0 saturated heterocycles. The lowest BCUT2D eigenvalue weighted by atomic mass is 9.70. The number of halogens is 1. The molecule has 1 aromatic carbocycles. The molecule has 2 aliphatic carbocycles. The van der Waals surface area contributed by atoms with Gasteiger partial charge < -0.3 is 14.8 Å². The number of carbonyl (C=O) groups is 2. The monoisotopic (exact) mass is 460 g/mol. The maximum atomic E-state index is 13.2. The Bertz CT molecular complexity index is 950. The Hall–Kier alpha value is -2.08. The molecule has 0 unspecified atom stereocenters. The van der Waals surface area contributed by atoms with Crippen LogP contribution in [0.3, 0.4) is 0 Å². The molecular weight excluding hydrogens is 428 g/mol. The van der Waals surface area contributed by atoms with E-state index in [-0.39, 0.29) is 29.4 Å². The first-order chi connectivity index (χ1) is 14.8. The molecule has 32 heavy (non-hydrogen) atoms. The number of nitrogens with one attached hydrogen (secondary N) is 1. The summed E-state index contributed by atoms with van der Waals surface area (Å²) < 4.78 is 11.4. The highest BCUT2D eigenvalue weighted by Crippen LogP contribution is 2.65. The van der Waals surface area contributed by atoms with E-state index in [9.17, 15) is 9.59 Å². The molecule has 174 valence electrons. The third-order valence-corrected chi connectivity index (χ3v) is 8.06. The summed E-state index contributed by atoms with van der Waals surface area (Å²) in [5.41, 5.74) is 1.18. The van der Waals surface area contributed by atoms with E-state index in [1.807, 2.05) is 32.9 Å². The van der Waals surface area contributed by atoms with E-state index in [2.05, 4.69) is 26.1 Å². The highest BCUT2D eigenvalue weighted by Gasteiger charge is 2.67. The van der Waals surface area contributed by atoms with Gasteiger partial charge in [-0.05, 0) is 56.7 Å². The van der Waals surface area contributed by atoms with Crippen LogP contribution in [0.2, 0.25) is 5.02 Å². The van der Waals surface area contributed by atoms with Gasteiger partial charge in [0.2, 0.25) is 0 Å². The standard InChI is InChI=1S/C25H33ClN2O4/c1-23(2,3)32-22(30)27-13-16(14-7-9-15(26)10-8-14)18-21(29)31-19-17-11-12-25(6,20(19)28-18)24(17,4)5/h7-10,16-19H,11-13H2,1-6H3,(H,27,30)/t16-,17-,18+,19-,25+/m1/s1. The first-order valence-corrected chi connectivity index (χ1v) is 11.7. The molecule has 0 spiro atoms. The van der Waals surface area contributed by atoms with Crippen molar-refractivity contribution in [2.45, 2.75) is 78.0 Å². The number of fused-ring (bicyclic) bond motifs is 5. The van der Waals surface area contributed by atoms with Crippen molar-refractivity contribution in [3.63, 3.8) is 0 Å². The quantitative estimate of drug-likeness (QED) is 0.631. The zero-order valence-electron chi connectivity index (χ0n) is 19.7. The number of alkyl carbamates (subject to hydrolysis) is 1. The summed E-state index contributed by atoms with van der Waals surface area (Å²) in [6.45, 7) is 12.4. The van der Waals surface area contributed by atoms with Crippen molar-refractivity contribution in [3.05, 3.63) is 34.9 Å². The minimum absolute atomic E-state index is 0.0240. The van der Waals surface area contributed by atoms with Crippen LogP contribution in [0, 0.1) is 16.7 Å². The maximum absolute atomic E-state index is 13.2. The zero-order chi connectivity index (χ0) is 23.5. The SMILES string of the molecule is CC(C)(C)OC(=O)NC[C@H](c1ccc(Cl)cc1)[C@@H]1N=C2[C@H](OC1=O)[C@H]1CC[C@]2(C)C1(C)C. The fourth-order valence-electron chi connectivity index (χ4n) is 5.66. The third-order valence-electron chi connectivity index (χ3n) is 7.81. The lowest BCUT2D eigenvalue weighted by Crippen LogP contribution is -2.48. The lowest BCUT2D eigenvalue weighted by Gasteiger charge is -2.37.